The van der Waals surface area contributed by atoms with Gasteiger partial charge in [0.1, 0.15) is 28.5 Å². The quantitative estimate of drug-likeness (QED) is 0.245. The van der Waals surface area contributed by atoms with Crippen molar-refractivity contribution in [2.75, 3.05) is 0 Å². The average Bonchev–Trinajstić information content (AvgIpc) is 3.34. The van der Waals surface area contributed by atoms with Crippen LogP contribution in [0.2, 0.25) is 0 Å². The summed E-state index contributed by atoms with van der Waals surface area (Å²) < 4.78 is 1.25. The highest BCUT2D eigenvalue weighted by molar-refractivity contribution is 8.01. The summed E-state index contributed by atoms with van der Waals surface area (Å²) in [5.41, 5.74) is 2.38. The molecular weight excluding hydrogens is 461 g/mol. The Morgan fingerprint density at radius 1 is 0.486 bits per heavy atom. The van der Waals surface area contributed by atoms with Gasteiger partial charge < -0.3 is 0 Å². The van der Waals surface area contributed by atoms with Gasteiger partial charge in [-0.15, -0.1) is 11.3 Å². The minimum absolute atomic E-state index is 0.854. The van der Waals surface area contributed by atoms with Gasteiger partial charge in [0.2, 0.25) is 0 Å². The van der Waals surface area contributed by atoms with Crippen molar-refractivity contribution in [3.8, 4) is 0 Å². The topological polar surface area (TPSA) is 12.9 Å². The minimum atomic E-state index is -2.04. The standard InChI is InChI=1S/C32H25NPS/c1-4-12-26(13-5-1)34(27-14-6-2-7-15-27,28-16-8-3-9-17-28)29-22-20-25(21-23-29)24-32-33-30-18-10-11-19-31(30)35-32/h1-23H,24H2/q+1. The molecule has 1 nitrogen and oxygen atoms in total. The number of para-hydroxylation sites is 1. The van der Waals surface area contributed by atoms with E-state index in [1.165, 1.54) is 31.5 Å². The van der Waals surface area contributed by atoms with Gasteiger partial charge in [-0.2, -0.15) is 0 Å². The van der Waals surface area contributed by atoms with Gasteiger partial charge in [-0.05, 0) is 66.2 Å². The number of thiazole rings is 1. The van der Waals surface area contributed by atoms with Crippen LogP contribution in [0.25, 0.3) is 10.2 Å². The molecule has 168 valence electrons. The number of hydrogen-bond acceptors (Lipinski definition) is 2. The predicted octanol–water partition coefficient (Wildman–Crippen LogP) is 6.51. The molecule has 0 amide bonds. The van der Waals surface area contributed by atoms with Gasteiger partial charge in [-0.25, -0.2) is 4.98 Å². The van der Waals surface area contributed by atoms with Crippen molar-refractivity contribution >= 4 is 50.0 Å². The molecule has 0 unspecified atom stereocenters. The predicted molar refractivity (Wildman–Crippen MR) is 154 cm³/mol. The van der Waals surface area contributed by atoms with E-state index >= 15 is 0 Å². The molecule has 3 heteroatoms. The van der Waals surface area contributed by atoms with Crippen LogP contribution in [0.4, 0.5) is 0 Å². The maximum Gasteiger partial charge on any atom is 0.144 e. The Kier molecular flexibility index (Phi) is 6.00. The lowest BCUT2D eigenvalue weighted by molar-refractivity contribution is 1.16. The maximum atomic E-state index is 4.85. The molecule has 0 N–H and O–H groups in total. The zero-order valence-electron chi connectivity index (χ0n) is 19.3. The Morgan fingerprint density at radius 2 is 0.943 bits per heavy atom. The van der Waals surface area contributed by atoms with Gasteiger partial charge >= 0.3 is 0 Å². The first-order chi connectivity index (χ1) is 17.3. The fourth-order valence-electron chi connectivity index (χ4n) is 4.86. The fraction of sp³-hybridized carbons (Fsp3) is 0.0312. The van der Waals surface area contributed by atoms with Gasteiger partial charge in [0, 0.05) is 6.42 Å². The van der Waals surface area contributed by atoms with E-state index in [0.717, 1.165) is 16.9 Å². The molecule has 6 rings (SSSR count). The van der Waals surface area contributed by atoms with Gasteiger partial charge in [-0.3, -0.25) is 0 Å². The van der Waals surface area contributed by atoms with E-state index in [2.05, 4.69) is 140 Å². The van der Waals surface area contributed by atoms with Crippen LogP contribution in [0.15, 0.2) is 140 Å². The van der Waals surface area contributed by atoms with Gasteiger partial charge in [0.15, 0.2) is 0 Å². The molecule has 0 spiro atoms. The van der Waals surface area contributed by atoms with Crippen molar-refractivity contribution in [3.05, 3.63) is 150 Å². The lowest BCUT2D eigenvalue weighted by atomic mass is 10.2. The second-order valence-electron chi connectivity index (χ2n) is 8.60. The normalized spacial score (nSPS) is 11.5. The van der Waals surface area contributed by atoms with Crippen molar-refractivity contribution < 1.29 is 0 Å². The van der Waals surface area contributed by atoms with Crippen LogP contribution in [0.5, 0.6) is 0 Å². The summed E-state index contributed by atoms with van der Waals surface area (Å²) in [4.78, 5) is 4.85. The Bertz CT molecular complexity index is 1410. The SMILES string of the molecule is c1ccc([P+](c2ccccc2)(c2ccccc2)c2ccc(Cc3nc4ccccc4s3)cc2)cc1. The lowest BCUT2D eigenvalue weighted by Crippen LogP contribution is -2.38. The van der Waals surface area contributed by atoms with Crippen LogP contribution in [0, 0.1) is 0 Å². The molecule has 0 bridgehead atoms. The van der Waals surface area contributed by atoms with E-state index in [1.54, 1.807) is 11.3 Å². The molecule has 5 aromatic carbocycles. The average molecular weight is 487 g/mol. The number of fused-ring (bicyclic) bond motifs is 1. The lowest BCUT2D eigenvalue weighted by Gasteiger charge is -2.27. The first kappa shape index (κ1) is 21.9. The summed E-state index contributed by atoms with van der Waals surface area (Å²) in [6.45, 7) is 0. The molecule has 1 aromatic heterocycles. The fourth-order valence-corrected chi connectivity index (χ4v) is 10.1. The second-order valence-corrected chi connectivity index (χ2v) is 13.1. The largest absolute Gasteiger partial charge is 0.241 e. The van der Waals surface area contributed by atoms with Gasteiger partial charge in [-0.1, -0.05) is 78.9 Å². The van der Waals surface area contributed by atoms with E-state index in [1.807, 2.05) is 0 Å². The molecule has 6 aromatic rings. The molecule has 0 aliphatic rings. The van der Waals surface area contributed by atoms with Crippen LogP contribution in [0.3, 0.4) is 0 Å². The highest BCUT2D eigenvalue weighted by Gasteiger charge is 2.47. The van der Waals surface area contributed by atoms with E-state index in [0.29, 0.717) is 0 Å². The molecule has 0 fully saturated rings. The zero-order valence-corrected chi connectivity index (χ0v) is 21.0. The molecule has 0 atom stereocenters. The summed E-state index contributed by atoms with van der Waals surface area (Å²) in [7, 11) is -2.04. The third-order valence-corrected chi connectivity index (χ3v) is 11.8. The zero-order chi connectivity index (χ0) is 23.5. The van der Waals surface area contributed by atoms with Crippen molar-refractivity contribution in [1.82, 2.24) is 4.98 Å². The number of rotatable bonds is 6. The summed E-state index contributed by atoms with van der Waals surface area (Å²) in [6.07, 6.45) is 0.854. The Balaban J connectivity index is 1.48. The van der Waals surface area contributed by atoms with Gasteiger partial charge in [0.05, 0.1) is 15.2 Å². The molecule has 1 heterocycles. The first-order valence-corrected chi connectivity index (χ1v) is 14.4. The van der Waals surface area contributed by atoms with Crippen LogP contribution in [-0.4, -0.2) is 4.98 Å². The van der Waals surface area contributed by atoms with E-state index in [-0.39, 0.29) is 0 Å². The number of nitrogens with zero attached hydrogens (tertiary/aromatic N) is 1. The third-order valence-electron chi connectivity index (χ3n) is 6.45. The van der Waals surface area contributed by atoms with E-state index in [4.69, 9.17) is 4.98 Å². The summed E-state index contributed by atoms with van der Waals surface area (Å²) in [5.74, 6) is 0. The molecule has 0 saturated carbocycles. The molecule has 0 saturated heterocycles. The van der Waals surface area contributed by atoms with Crippen molar-refractivity contribution in [2.24, 2.45) is 0 Å². The molecule has 0 radical (unpaired) electrons. The van der Waals surface area contributed by atoms with Crippen LogP contribution in [-0.2, 0) is 6.42 Å². The van der Waals surface area contributed by atoms with Crippen LogP contribution < -0.4 is 21.2 Å². The van der Waals surface area contributed by atoms with Crippen LogP contribution in [0.1, 0.15) is 10.6 Å². The monoisotopic (exact) mass is 486 g/mol. The number of hydrogen-bond donors (Lipinski definition) is 0. The highest BCUT2D eigenvalue weighted by atomic mass is 32.1. The second kappa shape index (κ2) is 9.58. The van der Waals surface area contributed by atoms with E-state index in [9.17, 15) is 0 Å². The number of benzene rings is 5. The smallest absolute Gasteiger partial charge is 0.144 e. The van der Waals surface area contributed by atoms with Crippen molar-refractivity contribution in [1.29, 1.82) is 0 Å². The first-order valence-electron chi connectivity index (χ1n) is 11.8. The number of aromatic nitrogens is 1. The molecule has 0 aliphatic heterocycles. The Labute approximate surface area is 211 Å². The van der Waals surface area contributed by atoms with Crippen molar-refractivity contribution in [3.63, 3.8) is 0 Å². The van der Waals surface area contributed by atoms with Crippen molar-refractivity contribution in [2.45, 2.75) is 6.42 Å². The highest BCUT2D eigenvalue weighted by Crippen LogP contribution is 2.54. The molecular formula is C32H25NPS+. The summed E-state index contributed by atoms with van der Waals surface area (Å²) >= 11 is 1.79. The summed E-state index contributed by atoms with van der Waals surface area (Å²) in [5, 5.41) is 6.65. The van der Waals surface area contributed by atoms with Gasteiger partial charge in [0.25, 0.3) is 0 Å². The minimum Gasteiger partial charge on any atom is -0.241 e. The molecule has 0 aliphatic carbocycles. The van der Waals surface area contributed by atoms with Crippen LogP contribution >= 0.6 is 18.6 Å². The Morgan fingerprint density at radius 3 is 1.46 bits per heavy atom. The Hall–Kier alpha value is -3.58. The maximum absolute atomic E-state index is 4.85. The third kappa shape index (κ3) is 4.10. The van der Waals surface area contributed by atoms with E-state index < -0.39 is 7.26 Å². The molecule has 35 heavy (non-hydrogen) atoms. The summed E-state index contributed by atoms with van der Waals surface area (Å²) in [6, 6.07) is 50.7.